The van der Waals surface area contributed by atoms with Crippen molar-refractivity contribution in [3.63, 3.8) is 0 Å². The van der Waals surface area contributed by atoms with Crippen LogP contribution in [0, 0.1) is 0 Å². The zero-order chi connectivity index (χ0) is 11.0. The molecule has 2 nitrogen and oxygen atoms in total. The maximum atomic E-state index is 6.05. The van der Waals surface area contributed by atoms with Crippen LogP contribution in [0.25, 0.3) is 0 Å². The van der Waals surface area contributed by atoms with Gasteiger partial charge in [0.15, 0.2) is 0 Å². The number of nitrogens with two attached hydrogens (primary N) is 1. The molecule has 2 heteroatoms. The van der Waals surface area contributed by atoms with Gasteiger partial charge in [-0.05, 0) is 49.3 Å². The van der Waals surface area contributed by atoms with Crippen LogP contribution in [0.5, 0.6) is 0 Å². The second-order valence-electron chi connectivity index (χ2n) is 5.15. The van der Waals surface area contributed by atoms with E-state index in [1.165, 1.54) is 43.2 Å². The van der Waals surface area contributed by atoms with Gasteiger partial charge in [0.25, 0.3) is 0 Å². The van der Waals surface area contributed by atoms with E-state index in [0.717, 1.165) is 18.2 Å². The molecule has 1 fully saturated rings. The Balaban J connectivity index is 1.84. The van der Waals surface area contributed by atoms with Gasteiger partial charge < -0.3 is 11.1 Å². The molecule has 16 heavy (non-hydrogen) atoms. The summed E-state index contributed by atoms with van der Waals surface area (Å²) in [6.07, 6.45) is 7.81. The van der Waals surface area contributed by atoms with Gasteiger partial charge in [-0.15, -0.1) is 0 Å². The molecule has 86 valence electrons. The molecule has 1 unspecified atom stereocenters. The van der Waals surface area contributed by atoms with E-state index in [1.54, 1.807) is 0 Å². The van der Waals surface area contributed by atoms with E-state index in [1.807, 2.05) is 6.07 Å². The highest BCUT2D eigenvalue weighted by Crippen LogP contribution is 2.34. The Kier molecular flexibility index (Phi) is 2.60. The Bertz CT molecular complexity index is 382. The number of fused-ring (bicyclic) bond motifs is 1. The zero-order valence-electron chi connectivity index (χ0n) is 9.71. The van der Waals surface area contributed by atoms with Gasteiger partial charge in [0.2, 0.25) is 0 Å². The summed E-state index contributed by atoms with van der Waals surface area (Å²) in [5.74, 6) is 0. The normalized spacial score (nSPS) is 24.9. The van der Waals surface area contributed by atoms with Crippen molar-refractivity contribution >= 4 is 5.69 Å². The van der Waals surface area contributed by atoms with E-state index in [0.29, 0.717) is 6.04 Å². The maximum absolute atomic E-state index is 6.05. The van der Waals surface area contributed by atoms with Crippen LogP contribution in [0.2, 0.25) is 0 Å². The second kappa shape index (κ2) is 4.10. The second-order valence-corrected chi connectivity index (χ2v) is 5.15. The minimum atomic E-state index is 0.553. The smallest absolute Gasteiger partial charge is 0.0349 e. The zero-order valence-corrected chi connectivity index (χ0v) is 9.71. The predicted octanol–water partition coefficient (Wildman–Crippen LogP) is 2.79. The molecule has 0 amide bonds. The molecule has 0 saturated heterocycles. The van der Waals surface area contributed by atoms with E-state index in [2.05, 4.69) is 17.4 Å². The Labute approximate surface area is 97.2 Å². The third-order valence-corrected chi connectivity index (χ3v) is 4.09. The summed E-state index contributed by atoms with van der Waals surface area (Å²) >= 11 is 0. The van der Waals surface area contributed by atoms with Gasteiger partial charge in [0, 0.05) is 17.8 Å². The number of nitrogen functional groups attached to an aromatic ring is 1. The molecule has 0 spiro atoms. The van der Waals surface area contributed by atoms with E-state index < -0.39 is 0 Å². The molecule has 0 aromatic heterocycles. The predicted molar refractivity (Wildman–Crippen MR) is 67.3 cm³/mol. The molecule has 2 aliphatic carbocycles. The summed E-state index contributed by atoms with van der Waals surface area (Å²) in [5, 5.41) is 3.78. The van der Waals surface area contributed by atoms with Crippen LogP contribution in [-0.4, -0.2) is 6.04 Å². The molecule has 1 aromatic carbocycles. The summed E-state index contributed by atoms with van der Waals surface area (Å²) in [4.78, 5) is 0. The summed E-state index contributed by atoms with van der Waals surface area (Å²) in [7, 11) is 0. The van der Waals surface area contributed by atoms with Crippen molar-refractivity contribution in [1.82, 2.24) is 5.32 Å². The Morgan fingerprint density at radius 1 is 1.12 bits per heavy atom. The molecule has 3 N–H and O–H groups in total. The molecule has 1 aromatic rings. The molecule has 2 aliphatic rings. The highest BCUT2D eigenvalue weighted by atomic mass is 15.0. The number of benzene rings is 1. The quantitative estimate of drug-likeness (QED) is 0.746. The lowest BCUT2D eigenvalue weighted by Gasteiger charge is -2.35. The number of hydrogen-bond donors (Lipinski definition) is 2. The lowest BCUT2D eigenvalue weighted by molar-refractivity contribution is 0.291. The first kappa shape index (κ1) is 10.2. The maximum Gasteiger partial charge on any atom is 0.0349 e. The first-order valence-corrected chi connectivity index (χ1v) is 6.48. The minimum Gasteiger partial charge on any atom is -0.398 e. The van der Waals surface area contributed by atoms with Crippen molar-refractivity contribution in [2.45, 2.75) is 50.6 Å². The van der Waals surface area contributed by atoms with E-state index in [4.69, 9.17) is 5.73 Å². The van der Waals surface area contributed by atoms with Gasteiger partial charge in [-0.25, -0.2) is 0 Å². The van der Waals surface area contributed by atoms with Crippen molar-refractivity contribution in [1.29, 1.82) is 0 Å². The molecule has 0 bridgehead atoms. The molecule has 1 saturated carbocycles. The molecule has 0 aliphatic heterocycles. The Morgan fingerprint density at radius 2 is 2.00 bits per heavy atom. The van der Waals surface area contributed by atoms with Crippen LogP contribution >= 0.6 is 0 Å². The van der Waals surface area contributed by atoms with Crippen molar-refractivity contribution in [3.8, 4) is 0 Å². The number of rotatable bonds is 2. The van der Waals surface area contributed by atoms with Crippen LogP contribution < -0.4 is 11.1 Å². The van der Waals surface area contributed by atoms with E-state index in [-0.39, 0.29) is 0 Å². The largest absolute Gasteiger partial charge is 0.398 e. The average molecular weight is 216 g/mol. The molecular formula is C14H20N2. The van der Waals surface area contributed by atoms with Crippen LogP contribution in [-0.2, 0) is 6.42 Å². The Morgan fingerprint density at radius 3 is 2.75 bits per heavy atom. The van der Waals surface area contributed by atoms with E-state index in [9.17, 15) is 0 Å². The third kappa shape index (κ3) is 1.71. The Hall–Kier alpha value is -1.02. The molecular weight excluding hydrogens is 196 g/mol. The summed E-state index contributed by atoms with van der Waals surface area (Å²) in [6.45, 7) is 0. The fourth-order valence-electron chi connectivity index (χ4n) is 2.91. The fourth-order valence-corrected chi connectivity index (χ4v) is 2.91. The third-order valence-electron chi connectivity index (χ3n) is 4.09. The van der Waals surface area contributed by atoms with Gasteiger partial charge in [-0.1, -0.05) is 18.6 Å². The van der Waals surface area contributed by atoms with Gasteiger partial charge in [0.05, 0.1) is 0 Å². The number of hydrogen-bond acceptors (Lipinski definition) is 2. The number of nitrogens with one attached hydrogen (secondary N) is 1. The monoisotopic (exact) mass is 216 g/mol. The molecule has 0 radical (unpaired) electrons. The SMILES string of the molecule is Nc1cccc2c1CCCC2NC1CCC1. The first-order valence-electron chi connectivity index (χ1n) is 6.48. The molecule has 0 heterocycles. The van der Waals surface area contributed by atoms with Gasteiger partial charge in [-0.3, -0.25) is 0 Å². The van der Waals surface area contributed by atoms with Gasteiger partial charge in [0.1, 0.15) is 0 Å². The van der Waals surface area contributed by atoms with Crippen molar-refractivity contribution < 1.29 is 0 Å². The highest BCUT2D eigenvalue weighted by Gasteiger charge is 2.26. The fraction of sp³-hybridized carbons (Fsp3) is 0.571. The molecule has 3 rings (SSSR count). The van der Waals surface area contributed by atoms with Crippen LogP contribution in [0.4, 0.5) is 5.69 Å². The summed E-state index contributed by atoms with van der Waals surface area (Å²) < 4.78 is 0. The van der Waals surface area contributed by atoms with Crippen molar-refractivity contribution in [3.05, 3.63) is 29.3 Å². The average Bonchev–Trinajstić information content (AvgIpc) is 2.24. The van der Waals surface area contributed by atoms with Crippen LogP contribution in [0.15, 0.2) is 18.2 Å². The van der Waals surface area contributed by atoms with Crippen LogP contribution in [0.3, 0.4) is 0 Å². The standard InChI is InChI=1S/C14H20N2/c15-13-8-2-7-12-11(13)6-3-9-14(12)16-10-4-1-5-10/h2,7-8,10,14,16H,1,3-6,9,15H2. The van der Waals surface area contributed by atoms with E-state index >= 15 is 0 Å². The van der Waals surface area contributed by atoms with Gasteiger partial charge in [-0.2, -0.15) is 0 Å². The van der Waals surface area contributed by atoms with Crippen LogP contribution in [0.1, 0.15) is 49.3 Å². The lowest BCUT2D eigenvalue weighted by atomic mass is 9.84. The summed E-state index contributed by atoms with van der Waals surface area (Å²) in [5.41, 5.74) is 9.89. The highest BCUT2D eigenvalue weighted by molar-refractivity contribution is 5.52. The first-order chi connectivity index (χ1) is 7.84. The summed E-state index contributed by atoms with van der Waals surface area (Å²) in [6, 6.07) is 7.69. The van der Waals surface area contributed by atoms with Crippen molar-refractivity contribution in [2.75, 3.05) is 5.73 Å². The number of anilines is 1. The molecule has 1 atom stereocenters. The topological polar surface area (TPSA) is 38.0 Å². The lowest BCUT2D eigenvalue weighted by Crippen LogP contribution is -2.39. The van der Waals surface area contributed by atoms with Crippen molar-refractivity contribution in [2.24, 2.45) is 0 Å². The minimum absolute atomic E-state index is 0.553. The van der Waals surface area contributed by atoms with Gasteiger partial charge >= 0.3 is 0 Å².